The van der Waals surface area contributed by atoms with E-state index in [0.29, 0.717) is 20.6 Å². The normalized spacial score (nSPS) is 12.0. The van der Waals surface area contributed by atoms with Crippen molar-refractivity contribution in [1.29, 1.82) is 0 Å². The van der Waals surface area contributed by atoms with Gasteiger partial charge in [0, 0.05) is 26.9 Å². The van der Waals surface area contributed by atoms with Gasteiger partial charge >= 0.3 is 5.97 Å². The second kappa shape index (κ2) is 10.1. The summed E-state index contributed by atoms with van der Waals surface area (Å²) in [5, 5.41) is 13.5. The SMILES string of the molecule is Cc1csc(Sc2ccc(C(=O)OCC(=O)N3c4ccccc4Sc4ccccc43)cc2[N+](=O)[O-])n1. The molecule has 0 spiro atoms. The molecule has 4 aromatic rings. The lowest BCUT2D eigenvalue weighted by molar-refractivity contribution is -0.387. The van der Waals surface area contributed by atoms with Crippen LogP contribution in [0.25, 0.3) is 0 Å². The van der Waals surface area contributed by atoms with Gasteiger partial charge in [0.2, 0.25) is 0 Å². The molecule has 8 nitrogen and oxygen atoms in total. The van der Waals surface area contributed by atoms with Crippen LogP contribution in [0.3, 0.4) is 0 Å². The molecule has 0 bridgehead atoms. The fraction of sp³-hybridized carbons (Fsp3) is 0.0800. The Hall–Kier alpha value is -3.67. The molecule has 1 aliphatic heterocycles. The summed E-state index contributed by atoms with van der Waals surface area (Å²) in [5.41, 5.74) is 2.00. The van der Waals surface area contributed by atoms with Gasteiger partial charge in [-0.1, -0.05) is 47.8 Å². The van der Waals surface area contributed by atoms with Crippen LogP contribution in [-0.4, -0.2) is 28.4 Å². The molecule has 0 N–H and O–H groups in total. The highest BCUT2D eigenvalue weighted by Crippen LogP contribution is 2.47. The Morgan fingerprint density at radius 2 is 1.72 bits per heavy atom. The van der Waals surface area contributed by atoms with Gasteiger partial charge in [0.15, 0.2) is 10.9 Å². The zero-order valence-corrected chi connectivity index (χ0v) is 21.2. The highest BCUT2D eigenvalue weighted by molar-refractivity contribution is 8.01. The van der Waals surface area contributed by atoms with Crippen LogP contribution >= 0.6 is 34.9 Å². The van der Waals surface area contributed by atoms with Crippen LogP contribution in [0.15, 0.2) is 91.1 Å². The molecule has 3 aromatic carbocycles. The summed E-state index contributed by atoms with van der Waals surface area (Å²) in [6, 6.07) is 19.1. The van der Waals surface area contributed by atoms with E-state index in [2.05, 4.69) is 4.98 Å². The molecule has 0 saturated heterocycles. The Morgan fingerprint density at radius 1 is 1.06 bits per heavy atom. The Balaban J connectivity index is 1.34. The van der Waals surface area contributed by atoms with Gasteiger partial charge in [-0.25, -0.2) is 9.78 Å². The van der Waals surface area contributed by atoms with Crippen LogP contribution in [0, 0.1) is 17.0 Å². The van der Waals surface area contributed by atoms with E-state index in [1.807, 2.05) is 60.8 Å². The minimum absolute atomic E-state index is 0.0100. The van der Waals surface area contributed by atoms with Crippen molar-refractivity contribution >= 4 is 63.8 Å². The zero-order chi connectivity index (χ0) is 25.2. The van der Waals surface area contributed by atoms with Crippen LogP contribution in [0.4, 0.5) is 17.1 Å². The fourth-order valence-electron chi connectivity index (χ4n) is 3.60. The number of nitro groups is 1. The third kappa shape index (κ3) is 4.85. The molecule has 0 atom stereocenters. The number of aromatic nitrogens is 1. The maximum Gasteiger partial charge on any atom is 0.338 e. The second-order valence-electron chi connectivity index (χ2n) is 7.64. The summed E-state index contributed by atoms with van der Waals surface area (Å²) < 4.78 is 5.96. The van der Waals surface area contributed by atoms with E-state index in [1.165, 1.54) is 28.4 Å². The molecule has 0 saturated carbocycles. The molecule has 1 amide bonds. The topological polar surface area (TPSA) is 103 Å². The number of nitrogens with zero attached hydrogens (tertiary/aromatic N) is 3. The Bertz CT molecular complexity index is 1460. The van der Waals surface area contributed by atoms with Crippen LogP contribution in [0.5, 0.6) is 0 Å². The molecule has 36 heavy (non-hydrogen) atoms. The number of thiazole rings is 1. The van der Waals surface area contributed by atoms with Crippen LogP contribution in [-0.2, 0) is 9.53 Å². The van der Waals surface area contributed by atoms with Gasteiger partial charge in [-0.15, -0.1) is 11.3 Å². The van der Waals surface area contributed by atoms with Crippen LogP contribution in [0.1, 0.15) is 16.1 Å². The van der Waals surface area contributed by atoms with Crippen molar-refractivity contribution in [2.75, 3.05) is 11.5 Å². The molecule has 1 aliphatic rings. The first-order valence-electron chi connectivity index (χ1n) is 10.6. The lowest BCUT2D eigenvalue weighted by atomic mass is 10.2. The molecule has 180 valence electrons. The summed E-state index contributed by atoms with van der Waals surface area (Å²) in [5.74, 6) is -1.24. The number of hydrogen-bond donors (Lipinski definition) is 0. The smallest absolute Gasteiger partial charge is 0.338 e. The van der Waals surface area contributed by atoms with Crippen LogP contribution in [0.2, 0.25) is 0 Å². The van der Waals surface area contributed by atoms with Gasteiger partial charge in [-0.05, 0) is 43.3 Å². The number of esters is 1. The Morgan fingerprint density at radius 3 is 2.33 bits per heavy atom. The number of aryl methyl sites for hydroxylation is 1. The van der Waals surface area contributed by atoms with Gasteiger partial charge in [0.1, 0.15) is 0 Å². The molecule has 0 fully saturated rings. The van der Waals surface area contributed by atoms with E-state index in [4.69, 9.17) is 4.74 Å². The number of hydrogen-bond acceptors (Lipinski definition) is 9. The molecule has 0 aliphatic carbocycles. The molecule has 11 heteroatoms. The standard InChI is InChI=1S/C25H17N3O5S3/c1-15-14-34-25(26-15)36-22-11-10-16(12-19(22)28(31)32)24(30)33-13-23(29)27-17-6-2-4-8-20(17)35-21-9-5-3-7-18(21)27/h2-12,14H,13H2,1H3. The first-order valence-corrected chi connectivity index (χ1v) is 13.2. The minimum atomic E-state index is -0.818. The lowest BCUT2D eigenvalue weighted by Crippen LogP contribution is -2.32. The molecular formula is C25H17N3O5S3. The van der Waals surface area contributed by atoms with E-state index in [-0.39, 0.29) is 11.3 Å². The second-order valence-corrected chi connectivity index (χ2v) is 10.9. The third-order valence-electron chi connectivity index (χ3n) is 5.19. The molecule has 1 aromatic heterocycles. The number of rotatable bonds is 6. The van der Waals surface area contributed by atoms with Crippen molar-refractivity contribution in [3.63, 3.8) is 0 Å². The first-order chi connectivity index (χ1) is 17.4. The van der Waals surface area contributed by atoms with E-state index in [9.17, 15) is 19.7 Å². The molecule has 0 radical (unpaired) electrons. The maximum absolute atomic E-state index is 13.2. The predicted octanol–water partition coefficient (Wildman–Crippen LogP) is 6.50. The average molecular weight is 536 g/mol. The number of benzene rings is 3. The van der Waals surface area contributed by atoms with Gasteiger partial charge < -0.3 is 4.74 Å². The summed E-state index contributed by atoms with van der Waals surface area (Å²) in [6.07, 6.45) is 0. The van der Waals surface area contributed by atoms with Crippen molar-refractivity contribution in [1.82, 2.24) is 4.98 Å². The van der Waals surface area contributed by atoms with Crippen LogP contribution < -0.4 is 4.90 Å². The largest absolute Gasteiger partial charge is 0.452 e. The lowest BCUT2D eigenvalue weighted by Gasteiger charge is -2.30. The van der Waals surface area contributed by atoms with E-state index >= 15 is 0 Å². The Labute approximate surface area is 218 Å². The summed E-state index contributed by atoms with van der Waals surface area (Å²) >= 11 is 4.10. The molecule has 2 heterocycles. The highest BCUT2D eigenvalue weighted by Gasteiger charge is 2.29. The number of para-hydroxylation sites is 2. The third-order valence-corrected chi connectivity index (χ3v) is 8.45. The maximum atomic E-state index is 13.2. The van der Waals surface area contributed by atoms with Crippen molar-refractivity contribution in [2.45, 2.75) is 25.9 Å². The predicted molar refractivity (Wildman–Crippen MR) is 139 cm³/mol. The minimum Gasteiger partial charge on any atom is -0.452 e. The number of amides is 1. The number of anilines is 2. The quantitative estimate of drug-likeness (QED) is 0.157. The fourth-order valence-corrected chi connectivity index (χ4v) is 6.53. The number of fused-ring (bicyclic) bond motifs is 2. The highest BCUT2D eigenvalue weighted by atomic mass is 32.2. The summed E-state index contributed by atoms with van der Waals surface area (Å²) in [6.45, 7) is 1.32. The van der Waals surface area contributed by atoms with Gasteiger partial charge in [0.05, 0.1) is 26.8 Å². The first kappa shape index (κ1) is 24.0. The summed E-state index contributed by atoms with van der Waals surface area (Å²) in [4.78, 5) is 45.1. The van der Waals surface area contributed by atoms with Gasteiger partial charge in [0.25, 0.3) is 11.6 Å². The molecule has 5 rings (SSSR count). The number of nitro benzene ring substituents is 1. The number of ether oxygens (including phenoxy) is 1. The van der Waals surface area contributed by atoms with E-state index in [0.717, 1.165) is 33.3 Å². The number of carbonyl (C=O) groups is 2. The van der Waals surface area contributed by atoms with E-state index in [1.54, 1.807) is 11.8 Å². The Kier molecular flexibility index (Phi) is 6.77. The molecular weight excluding hydrogens is 518 g/mol. The summed E-state index contributed by atoms with van der Waals surface area (Å²) in [7, 11) is 0. The van der Waals surface area contributed by atoms with Gasteiger partial charge in [-0.3, -0.25) is 19.8 Å². The van der Waals surface area contributed by atoms with Crippen molar-refractivity contribution in [3.8, 4) is 0 Å². The van der Waals surface area contributed by atoms with Crippen molar-refractivity contribution in [3.05, 3.63) is 93.5 Å². The van der Waals surface area contributed by atoms with E-state index < -0.39 is 23.4 Å². The average Bonchev–Trinajstić information content (AvgIpc) is 3.29. The van der Waals surface area contributed by atoms with Gasteiger partial charge in [-0.2, -0.15) is 0 Å². The molecule has 0 unspecified atom stereocenters. The number of carbonyl (C=O) groups excluding carboxylic acids is 2. The zero-order valence-electron chi connectivity index (χ0n) is 18.7. The monoisotopic (exact) mass is 535 g/mol. The van der Waals surface area contributed by atoms with Crippen molar-refractivity contribution < 1.29 is 19.2 Å². The van der Waals surface area contributed by atoms with Crippen molar-refractivity contribution in [2.24, 2.45) is 0 Å².